The van der Waals surface area contributed by atoms with E-state index < -0.39 is 18.1 Å². The fourth-order valence-electron chi connectivity index (χ4n) is 3.09. The first kappa shape index (κ1) is 27.5. The quantitative estimate of drug-likeness (QED) is 0.137. The average molecular weight is 412 g/mol. The molecule has 0 aliphatic carbocycles. The first-order valence-electron chi connectivity index (χ1n) is 11.9. The van der Waals surface area contributed by atoms with Gasteiger partial charge in [-0.3, -0.25) is 0 Å². The summed E-state index contributed by atoms with van der Waals surface area (Å²) in [5, 5.41) is 2.57. The molecule has 0 aromatic rings. The van der Waals surface area contributed by atoms with E-state index in [1.54, 1.807) is 6.08 Å². The van der Waals surface area contributed by atoms with E-state index in [2.05, 4.69) is 18.8 Å². The van der Waals surface area contributed by atoms with E-state index in [0.717, 1.165) is 25.7 Å². The minimum Gasteiger partial charge on any atom is -0.464 e. The van der Waals surface area contributed by atoms with Crippen molar-refractivity contribution in [1.29, 1.82) is 0 Å². The van der Waals surface area contributed by atoms with E-state index in [0.29, 0.717) is 19.6 Å². The van der Waals surface area contributed by atoms with Gasteiger partial charge in [0.1, 0.15) is 6.04 Å². The van der Waals surface area contributed by atoms with Crippen molar-refractivity contribution in [2.75, 3.05) is 13.2 Å². The van der Waals surface area contributed by atoms with Gasteiger partial charge < -0.3 is 14.8 Å². The third kappa shape index (κ3) is 18.3. The Bertz CT molecular complexity index is 412. The first-order chi connectivity index (χ1) is 14.2. The Morgan fingerprint density at radius 3 is 1.76 bits per heavy atom. The molecule has 0 spiro atoms. The Balaban J connectivity index is 3.68. The van der Waals surface area contributed by atoms with Crippen molar-refractivity contribution in [3.05, 3.63) is 12.7 Å². The summed E-state index contributed by atoms with van der Waals surface area (Å²) in [6, 6.07) is -0.723. The molecule has 0 radical (unpaired) electrons. The summed E-state index contributed by atoms with van der Waals surface area (Å²) in [4.78, 5) is 23.9. The number of ether oxygens (including phenoxy) is 2. The Kier molecular flexibility index (Phi) is 20.1. The average Bonchev–Trinajstić information content (AvgIpc) is 2.71. The predicted molar refractivity (Wildman–Crippen MR) is 120 cm³/mol. The second-order valence-electron chi connectivity index (χ2n) is 7.77. The van der Waals surface area contributed by atoms with Crippen LogP contribution in [0.25, 0.3) is 0 Å². The number of amides is 1. The van der Waals surface area contributed by atoms with Gasteiger partial charge in [-0.05, 0) is 19.3 Å². The number of unbranched alkanes of at least 4 members (excludes halogenated alkanes) is 12. The van der Waals surface area contributed by atoms with Crippen molar-refractivity contribution in [1.82, 2.24) is 5.32 Å². The van der Waals surface area contributed by atoms with Crippen LogP contribution in [0.3, 0.4) is 0 Å². The van der Waals surface area contributed by atoms with Crippen molar-refractivity contribution in [2.45, 2.75) is 116 Å². The minimum absolute atomic E-state index is 0.333. The number of esters is 1. The second kappa shape index (κ2) is 21.2. The summed E-state index contributed by atoms with van der Waals surface area (Å²) < 4.78 is 10.4. The van der Waals surface area contributed by atoms with Crippen LogP contribution in [0.1, 0.15) is 110 Å². The number of alkyl carbamates (subject to hydrolysis) is 1. The molecule has 0 saturated heterocycles. The molecule has 1 amide bonds. The highest BCUT2D eigenvalue weighted by Gasteiger charge is 2.21. The van der Waals surface area contributed by atoms with Crippen molar-refractivity contribution in [2.24, 2.45) is 0 Å². The molecule has 0 rings (SSSR count). The predicted octanol–water partition coefficient (Wildman–Crippen LogP) is 6.70. The van der Waals surface area contributed by atoms with Gasteiger partial charge in [-0.2, -0.15) is 0 Å². The smallest absolute Gasteiger partial charge is 0.407 e. The highest BCUT2D eigenvalue weighted by Crippen LogP contribution is 2.12. The number of nitrogens with one attached hydrogen (secondary N) is 1. The lowest BCUT2D eigenvalue weighted by molar-refractivity contribution is -0.146. The van der Waals surface area contributed by atoms with Crippen LogP contribution in [-0.4, -0.2) is 31.3 Å². The van der Waals surface area contributed by atoms with Crippen molar-refractivity contribution in [3.63, 3.8) is 0 Å². The van der Waals surface area contributed by atoms with Gasteiger partial charge >= 0.3 is 12.1 Å². The van der Waals surface area contributed by atoms with Crippen LogP contribution in [0.5, 0.6) is 0 Å². The number of hydrogen-bond acceptors (Lipinski definition) is 4. The van der Waals surface area contributed by atoms with Crippen LogP contribution in [0.2, 0.25) is 0 Å². The number of carbonyl (C=O) groups is 2. The molecule has 1 atom stereocenters. The summed E-state index contributed by atoms with van der Waals surface area (Å²) >= 11 is 0. The van der Waals surface area contributed by atoms with E-state index in [-0.39, 0.29) is 0 Å². The van der Waals surface area contributed by atoms with E-state index in [1.165, 1.54) is 64.2 Å². The maximum atomic E-state index is 12.2. The van der Waals surface area contributed by atoms with Crippen LogP contribution < -0.4 is 5.32 Å². The largest absolute Gasteiger partial charge is 0.464 e. The summed E-state index contributed by atoms with van der Waals surface area (Å²) in [5.41, 5.74) is 0. The van der Waals surface area contributed by atoms with E-state index in [4.69, 9.17) is 9.47 Å². The lowest BCUT2D eigenvalue weighted by atomic mass is 10.1. The molecule has 0 heterocycles. The molecule has 0 aromatic heterocycles. The zero-order chi connectivity index (χ0) is 21.6. The summed E-state index contributed by atoms with van der Waals surface area (Å²) in [5.74, 6) is -0.416. The summed E-state index contributed by atoms with van der Waals surface area (Å²) in [6.45, 7) is 8.67. The molecule has 29 heavy (non-hydrogen) atoms. The van der Waals surface area contributed by atoms with Crippen molar-refractivity contribution < 1.29 is 19.1 Å². The molecule has 170 valence electrons. The zero-order valence-corrected chi connectivity index (χ0v) is 19.0. The molecule has 0 aliphatic rings. The van der Waals surface area contributed by atoms with Crippen molar-refractivity contribution >= 4 is 12.1 Å². The molecule has 0 bridgehead atoms. The third-order valence-electron chi connectivity index (χ3n) is 4.95. The van der Waals surface area contributed by atoms with Gasteiger partial charge in [0.15, 0.2) is 0 Å². The molecule has 5 nitrogen and oxygen atoms in total. The van der Waals surface area contributed by atoms with E-state index >= 15 is 0 Å². The second-order valence-corrected chi connectivity index (χ2v) is 7.77. The molecule has 0 saturated carbocycles. The Labute approximate surface area is 179 Å². The van der Waals surface area contributed by atoms with Crippen LogP contribution in [0, 0.1) is 0 Å². The Morgan fingerprint density at radius 2 is 1.24 bits per heavy atom. The lowest BCUT2D eigenvalue weighted by Crippen LogP contribution is -2.42. The molecular formula is C24H45NO4. The summed E-state index contributed by atoms with van der Waals surface area (Å²) in [6.07, 6.45) is 18.3. The fourth-order valence-corrected chi connectivity index (χ4v) is 3.09. The standard InChI is InChI=1S/C24H45NO4/c1-4-7-9-10-11-12-13-14-15-16-17-18-21-28-23(26)22(19-6-3)25-24(27)29-20-8-5-2/h6,22H,3-5,7-21H2,1-2H3,(H,25,27). The highest BCUT2D eigenvalue weighted by atomic mass is 16.6. The van der Waals surface area contributed by atoms with E-state index in [9.17, 15) is 9.59 Å². The van der Waals surface area contributed by atoms with Crippen LogP contribution in [0.4, 0.5) is 4.79 Å². The minimum atomic E-state index is -0.723. The monoisotopic (exact) mass is 411 g/mol. The van der Waals surface area contributed by atoms with Gasteiger partial charge in [0.05, 0.1) is 13.2 Å². The molecule has 0 aromatic carbocycles. The molecular weight excluding hydrogens is 366 g/mol. The molecule has 1 N–H and O–H groups in total. The van der Waals surface area contributed by atoms with Crippen LogP contribution in [-0.2, 0) is 14.3 Å². The number of hydrogen-bond donors (Lipinski definition) is 1. The highest BCUT2D eigenvalue weighted by molar-refractivity contribution is 5.81. The van der Waals surface area contributed by atoms with Crippen LogP contribution >= 0.6 is 0 Å². The van der Waals surface area contributed by atoms with Gasteiger partial charge in [-0.15, -0.1) is 6.58 Å². The molecule has 1 unspecified atom stereocenters. The van der Waals surface area contributed by atoms with Crippen LogP contribution in [0.15, 0.2) is 12.7 Å². The first-order valence-corrected chi connectivity index (χ1v) is 11.9. The normalized spacial score (nSPS) is 11.7. The molecule has 0 fully saturated rings. The SMILES string of the molecule is C=CCC(NC(=O)OCCCC)C(=O)OCCCCCCCCCCCCCC. The molecule has 0 aliphatic heterocycles. The lowest BCUT2D eigenvalue weighted by Gasteiger charge is -2.16. The van der Waals surface area contributed by atoms with Gasteiger partial charge in [-0.1, -0.05) is 97.0 Å². The van der Waals surface area contributed by atoms with Gasteiger partial charge in [0.2, 0.25) is 0 Å². The van der Waals surface area contributed by atoms with Gasteiger partial charge in [0, 0.05) is 0 Å². The molecule has 5 heteroatoms. The number of rotatable bonds is 20. The topological polar surface area (TPSA) is 64.6 Å². The van der Waals surface area contributed by atoms with E-state index in [1.807, 2.05) is 6.92 Å². The maximum absolute atomic E-state index is 12.2. The summed E-state index contributed by atoms with van der Waals surface area (Å²) in [7, 11) is 0. The zero-order valence-electron chi connectivity index (χ0n) is 19.0. The van der Waals surface area contributed by atoms with Crippen molar-refractivity contribution in [3.8, 4) is 0 Å². The third-order valence-corrected chi connectivity index (χ3v) is 4.95. The van der Waals surface area contributed by atoms with Gasteiger partial charge in [0.25, 0.3) is 0 Å². The van der Waals surface area contributed by atoms with Gasteiger partial charge in [-0.25, -0.2) is 9.59 Å². The Morgan fingerprint density at radius 1 is 0.759 bits per heavy atom. The maximum Gasteiger partial charge on any atom is 0.407 e. The number of carbonyl (C=O) groups excluding carboxylic acids is 2. The Hall–Kier alpha value is -1.52. The fraction of sp³-hybridized carbons (Fsp3) is 0.833.